The second kappa shape index (κ2) is 7.17. The van der Waals surface area contributed by atoms with Crippen LogP contribution in [-0.2, 0) is 13.0 Å². The van der Waals surface area contributed by atoms with Crippen LogP contribution in [-0.4, -0.2) is 17.2 Å². The number of ether oxygens (including phenoxy) is 1. The predicted octanol–water partition coefficient (Wildman–Crippen LogP) is 3.02. The molecule has 0 amide bonds. The Morgan fingerprint density at radius 3 is 2.95 bits per heavy atom. The number of nitrogens with one attached hydrogen (secondary N) is 1. The van der Waals surface area contributed by atoms with E-state index < -0.39 is 0 Å². The van der Waals surface area contributed by atoms with Crippen molar-refractivity contribution in [3.63, 3.8) is 0 Å². The Hall–Kier alpha value is -1.95. The molecule has 0 fully saturated rings. The summed E-state index contributed by atoms with van der Waals surface area (Å²) in [5, 5.41) is 6.96. The van der Waals surface area contributed by atoms with Crippen molar-refractivity contribution >= 4 is 0 Å². The minimum Gasteiger partial charge on any atom is -0.483 e. The summed E-state index contributed by atoms with van der Waals surface area (Å²) in [5.74, 6) is 1.20. The largest absolute Gasteiger partial charge is 0.483 e. The third kappa shape index (κ3) is 4.01. The predicted molar refractivity (Wildman–Crippen MR) is 76.5 cm³/mol. The molecule has 0 bridgehead atoms. The maximum absolute atomic E-state index is 13.4. The van der Waals surface area contributed by atoms with E-state index in [1.165, 1.54) is 12.1 Å². The number of nitrogens with zero attached hydrogens (tertiary/aromatic N) is 2. The number of aryl methyl sites for hydroxylation is 1. The highest BCUT2D eigenvalue weighted by Crippen LogP contribution is 2.26. The van der Waals surface area contributed by atoms with E-state index >= 15 is 0 Å². The summed E-state index contributed by atoms with van der Waals surface area (Å²) in [6, 6.07) is 4.55. The lowest BCUT2D eigenvalue weighted by molar-refractivity contribution is 0.238. The van der Waals surface area contributed by atoms with Crippen molar-refractivity contribution in [2.75, 3.05) is 7.05 Å². The van der Waals surface area contributed by atoms with Crippen molar-refractivity contribution < 1.29 is 13.7 Å². The summed E-state index contributed by atoms with van der Waals surface area (Å²) in [6.07, 6.45) is 1.72. The Kier molecular flexibility index (Phi) is 5.27. The van der Waals surface area contributed by atoms with Gasteiger partial charge in [0.15, 0.2) is 12.4 Å². The second-order valence-electron chi connectivity index (χ2n) is 4.84. The molecular weight excluding hydrogens is 273 g/mol. The smallest absolute Gasteiger partial charge is 0.264 e. The Bertz CT molecular complexity index is 586. The van der Waals surface area contributed by atoms with E-state index in [1.807, 2.05) is 20.9 Å². The van der Waals surface area contributed by atoms with E-state index in [1.54, 1.807) is 6.07 Å². The molecule has 0 aliphatic rings. The summed E-state index contributed by atoms with van der Waals surface area (Å²) < 4.78 is 24.1. The zero-order valence-electron chi connectivity index (χ0n) is 12.5. The van der Waals surface area contributed by atoms with Gasteiger partial charge in [0.05, 0.1) is 0 Å². The van der Waals surface area contributed by atoms with Gasteiger partial charge in [0.1, 0.15) is 11.6 Å². The Morgan fingerprint density at radius 1 is 1.43 bits per heavy atom. The van der Waals surface area contributed by atoms with Crippen molar-refractivity contribution in [3.05, 3.63) is 41.3 Å². The van der Waals surface area contributed by atoms with Gasteiger partial charge in [0.2, 0.25) is 0 Å². The summed E-state index contributed by atoms with van der Waals surface area (Å²) in [4.78, 5) is 4.22. The Labute approximate surface area is 123 Å². The van der Waals surface area contributed by atoms with Crippen LogP contribution in [0.15, 0.2) is 22.7 Å². The summed E-state index contributed by atoms with van der Waals surface area (Å²) >= 11 is 0. The summed E-state index contributed by atoms with van der Waals surface area (Å²) in [7, 11) is 1.84. The molecular formula is C15H20FN3O2. The van der Waals surface area contributed by atoms with Crippen molar-refractivity contribution in [2.45, 2.75) is 39.3 Å². The van der Waals surface area contributed by atoms with E-state index in [0.717, 1.165) is 18.4 Å². The standard InChI is InChI=1S/C15H20FN3O2/c1-4-5-14-18-15(21-19-14)9-20-13-8-11(16)6-7-12(13)10(2)17-3/h6-8,10,17H,4-5,9H2,1-3H3. The molecule has 6 heteroatoms. The number of benzene rings is 1. The number of halogens is 1. The molecule has 0 radical (unpaired) electrons. The van der Waals surface area contributed by atoms with Crippen LogP contribution >= 0.6 is 0 Å². The number of aromatic nitrogens is 2. The lowest BCUT2D eigenvalue weighted by Gasteiger charge is -2.15. The van der Waals surface area contributed by atoms with Crippen LogP contribution in [0.4, 0.5) is 4.39 Å². The van der Waals surface area contributed by atoms with Crippen LogP contribution in [0.2, 0.25) is 0 Å². The molecule has 0 spiro atoms. The number of hydrogen-bond donors (Lipinski definition) is 1. The van der Waals surface area contributed by atoms with Crippen LogP contribution in [0, 0.1) is 5.82 Å². The molecule has 1 N–H and O–H groups in total. The van der Waals surface area contributed by atoms with E-state index in [-0.39, 0.29) is 18.5 Å². The lowest BCUT2D eigenvalue weighted by Crippen LogP contribution is -2.14. The molecule has 1 heterocycles. The molecule has 1 aromatic carbocycles. The molecule has 21 heavy (non-hydrogen) atoms. The first-order valence-corrected chi connectivity index (χ1v) is 7.05. The molecule has 5 nitrogen and oxygen atoms in total. The monoisotopic (exact) mass is 293 g/mol. The quantitative estimate of drug-likeness (QED) is 0.850. The van der Waals surface area contributed by atoms with Gasteiger partial charge < -0.3 is 14.6 Å². The van der Waals surface area contributed by atoms with Gasteiger partial charge in [-0.25, -0.2) is 4.39 Å². The van der Waals surface area contributed by atoms with E-state index in [0.29, 0.717) is 17.5 Å². The van der Waals surface area contributed by atoms with Crippen LogP contribution in [0.25, 0.3) is 0 Å². The Balaban J connectivity index is 2.09. The highest BCUT2D eigenvalue weighted by molar-refractivity contribution is 5.36. The molecule has 0 saturated carbocycles. The number of hydrogen-bond acceptors (Lipinski definition) is 5. The lowest BCUT2D eigenvalue weighted by atomic mass is 10.1. The van der Waals surface area contributed by atoms with E-state index in [4.69, 9.17) is 9.26 Å². The Morgan fingerprint density at radius 2 is 2.24 bits per heavy atom. The molecule has 2 aromatic rings. The van der Waals surface area contributed by atoms with Crippen molar-refractivity contribution in [3.8, 4) is 5.75 Å². The van der Waals surface area contributed by atoms with Gasteiger partial charge in [0.25, 0.3) is 5.89 Å². The van der Waals surface area contributed by atoms with Gasteiger partial charge in [-0.2, -0.15) is 4.98 Å². The molecule has 1 aromatic heterocycles. The minimum atomic E-state index is -0.339. The van der Waals surface area contributed by atoms with Crippen molar-refractivity contribution in [1.29, 1.82) is 0 Å². The van der Waals surface area contributed by atoms with E-state index in [9.17, 15) is 4.39 Å². The first-order chi connectivity index (χ1) is 10.1. The molecule has 1 atom stereocenters. The highest BCUT2D eigenvalue weighted by Gasteiger charge is 2.13. The van der Waals surface area contributed by atoms with Gasteiger partial charge in [-0.05, 0) is 26.5 Å². The molecule has 2 rings (SSSR count). The average Bonchev–Trinajstić information content (AvgIpc) is 2.92. The van der Waals surface area contributed by atoms with Gasteiger partial charge in [-0.1, -0.05) is 18.1 Å². The minimum absolute atomic E-state index is 0.0546. The fraction of sp³-hybridized carbons (Fsp3) is 0.467. The SMILES string of the molecule is CCCc1noc(COc2cc(F)ccc2C(C)NC)n1. The molecule has 0 aliphatic carbocycles. The fourth-order valence-electron chi connectivity index (χ4n) is 1.96. The summed E-state index contributed by atoms with van der Waals surface area (Å²) in [6.45, 7) is 4.15. The van der Waals surface area contributed by atoms with Crippen LogP contribution < -0.4 is 10.1 Å². The maximum atomic E-state index is 13.4. The average molecular weight is 293 g/mol. The topological polar surface area (TPSA) is 60.2 Å². The first kappa shape index (κ1) is 15.4. The van der Waals surface area contributed by atoms with Crippen LogP contribution in [0.1, 0.15) is 43.6 Å². The normalized spacial score (nSPS) is 12.4. The number of rotatable bonds is 7. The second-order valence-corrected chi connectivity index (χ2v) is 4.84. The molecule has 1 unspecified atom stereocenters. The van der Waals surface area contributed by atoms with Gasteiger partial charge in [-0.15, -0.1) is 0 Å². The molecule has 114 valence electrons. The fourth-order valence-corrected chi connectivity index (χ4v) is 1.96. The third-order valence-electron chi connectivity index (χ3n) is 3.21. The summed E-state index contributed by atoms with van der Waals surface area (Å²) in [5.41, 5.74) is 0.882. The maximum Gasteiger partial charge on any atom is 0.264 e. The highest BCUT2D eigenvalue weighted by atomic mass is 19.1. The van der Waals surface area contributed by atoms with Crippen LogP contribution in [0.3, 0.4) is 0 Å². The first-order valence-electron chi connectivity index (χ1n) is 7.05. The zero-order valence-corrected chi connectivity index (χ0v) is 12.5. The van der Waals surface area contributed by atoms with E-state index in [2.05, 4.69) is 15.5 Å². The van der Waals surface area contributed by atoms with Crippen molar-refractivity contribution in [1.82, 2.24) is 15.5 Å². The zero-order chi connectivity index (χ0) is 15.2. The molecule has 0 aliphatic heterocycles. The van der Waals surface area contributed by atoms with Gasteiger partial charge in [0, 0.05) is 24.1 Å². The van der Waals surface area contributed by atoms with Crippen LogP contribution in [0.5, 0.6) is 5.75 Å². The van der Waals surface area contributed by atoms with Crippen molar-refractivity contribution in [2.24, 2.45) is 0 Å². The van der Waals surface area contributed by atoms with Gasteiger partial charge >= 0.3 is 0 Å². The third-order valence-corrected chi connectivity index (χ3v) is 3.21. The molecule has 0 saturated heterocycles. The van der Waals surface area contributed by atoms with Gasteiger partial charge in [-0.3, -0.25) is 0 Å².